The molecule has 0 bridgehead atoms. The smallest absolute Gasteiger partial charge is 0.0788 e. The lowest BCUT2D eigenvalue weighted by atomic mass is 9.82. The van der Waals surface area contributed by atoms with Crippen LogP contribution in [0.15, 0.2) is 0 Å². The molecule has 1 saturated heterocycles. The molecule has 1 fully saturated rings. The second kappa shape index (κ2) is 6.76. The summed E-state index contributed by atoms with van der Waals surface area (Å²) in [5.74, 6) is 0.392. The molecule has 3 heteroatoms. The third kappa shape index (κ3) is 3.96. The SMILES string of the molecule is CCCCN(CC1C(N)C(C)(C)OC1(C)C)C(C)CC. The van der Waals surface area contributed by atoms with Crippen molar-refractivity contribution in [2.45, 2.75) is 91.0 Å². The molecule has 0 radical (unpaired) electrons. The van der Waals surface area contributed by atoms with Gasteiger partial charge in [0.1, 0.15) is 0 Å². The highest BCUT2D eigenvalue weighted by atomic mass is 16.5. The highest BCUT2D eigenvalue weighted by Crippen LogP contribution is 2.41. The minimum Gasteiger partial charge on any atom is -0.368 e. The highest BCUT2D eigenvalue weighted by Gasteiger charge is 2.52. The number of unbranched alkanes of at least 4 members (excludes halogenated alkanes) is 1. The molecule has 0 aromatic heterocycles. The van der Waals surface area contributed by atoms with Crippen molar-refractivity contribution in [3.8, 4) is 0 Å². The molecule has 0 aromatic carbocycles. The summed E-state index contributed by atoms with van der Waals surface area (Å²) in [6.45, 7) is 17.7. The molecule has 1 aliphatic heterocycles. The van der Waals surface area contributed by atoms with E-state index in [4.69, 9.17) is 10.5 Å². The Labute approximate surface area is 126 Å². The lowest BCUT2D eigenvalue weighted by Crippen LogP contribution is -2.49. The molecule has 0 aliphatic carbocycles. The van der Waals surface area contributed by atoms with Gasteiger partial charge in [-0.15, -0.1) is 0 Å². The van der Waals surface area contributed by atoms with Gasteiger partial charge in [-0.05, 0) is 54.0 Å². The summed E-state index contributed by atoms with van der Waals surface area (Å²) in [7, 11) is 0. The van der Waals surface area contributed by atoms with Crippen LogP contribution < -0.4 is 5.73 Å². The maximum atomic E-state index is 6.50. The Kier molecular flexibility index (Phi) is 6.06. The van der Waals surface area contributed by atoms with Crippen LogP contribution in [0.5, 0.6) is 0 Å². The number of hydrogen-bond acceptors (Lipinski definition) is 3. The van der Waals surface area contributed by atoms with Gasteiger partial charge in [-0.25, -0.2) is 0 Å². The lowest BCUT2D eigenvalue weighted by Gasteiger charge is -2.36. The van der Waals surface area contributed by atoms with Crippen molar-refractivity contribution in [2.24, 2.45) is 11.7 Å². The van der Waals surface area contributed by atoms with Crippen molar-refractivity contribution in [3.05, 3.63) is 0 Å². The van der Waals surface area contributed by atoms with E-state index < -0.39 is 0 Å². The first-order chi connectivity index (χ1) is 9.15. The average Bonchev–Trinajstić information content (AvgIpc) is 2.50. The first-order valence-electron chi connectivity index (χ1n) is 8.35. The molecular weight excluding hydrogens is 248 g/mol. The van der Waals surface area contributed by atoms with Crippen LogP contribution in [0.25, 0.3) is 0 Å². The Balaban J connectivity index is 2.81. The van der Waals surface area contributed by atoms with Crippen molar-refractivity contribution in [1.29, 1.82) is 0 Å². The molecule has 2 N–H and O–H groups in total. The lowest BCUT2D eigenvalue weighted by molar-refractivity contribution is -0.0791. The summed E-state index contributed by atoms with van der Waals surface area (Å²) < 4.78 is 6.23. The highest BCUT2D eigenvalue weighted by molar-refractivity contribution is 5.04. The molecule has 20 heavy (non-hydrogen) atoms. The van der Waals surface area contributed by atoms with Crippen LogP contribution in [-0.2, 0) is 4.74 Å². The first-order valence-corrected chi connectivity index (χ1v) is 8.35. The van der Waals surface area contributed by atoms with E-state index in [-0.39, 0.29) is 17.2 Å². The van der Waals surface area contributed by atoms with Gasteiger partial charge in [0.15, 0.2) is 0 Å². The minimum absolute atomic E-state index is 0.102. The Hall–Kier alpha value is -0.120. The molecule has 1 rings (SSSR count). The minimum atomic E-state index is -0.222. The fraction of sp³-hybridized carbons (Fsp3) is 1.00. The molecule has 0 amide bonds. The van der Waals surface area contributed by atoms with Gasteiger partial charge in [0.25, 0.3) is 0 Å². The van der Waals surface area contributed by atoms with Crippen LogP contribution >= 0.6 is 0 Å². The number of nitrogens with zero attached hydrogens (tertiary/aromatic N) is 1. The summed E-state index contributed by atoms with van der Waals surface area (Å²) in [6.07, 6.45) is 3.70. The Morgan fingerprint density at radius 1 is 1.15 bits per heavy atom. The van der Waals surface area contributed by atoms with Crippen LogP contribution in [0.4, 0.5) is 0 Å². The standard InChI is InChI=1S/C17H36N2O/c1-8-10-11-19(13(3)9-2)12-14-15(18)17(6,7)20-16(14,4)5/h13-15H,8-12,18H2,1-7H3. The molecule has 0 spiro atoms. The molecule has 120 valence electrons. The van der Waals surface area contributed by atoms with E-state index >= 15 is 0 Å². The Morgan fingerprint density at radius 3 is 2.15 bits per heavy atom. The van der Waals surface area contributed by atoms with E-state index in [1.807, 2.05) is 0 Å². The fourth-order valence-electron chi connectivity index (χ4n) is 3.44. The van der Waals surface area contributed by atoms with Crippen molar-refractivity contribution < 1.29 is 4.74 Å². The van der Waals surface area contributed by atoms with Crippen molar-refractivity contribution in [2.75, 3.05) is 13.1 Å². The van der Waals surface area contributed by atoms with Crippen molar-refractivity contribution in [3.63, 3.8) is 0 Å². The predicted octanol–water partition coefficient (Wildman–Crippen LogP) is 3.42. The Bertz CT molecular complexity index is 301. The first kappa shape index (κ1) is 17.9. The van der Waals surface area contributed by atoms with Gasteiger partial charge >= 0.3 is 0 Å². The summed E-state index contributed by atoms with van der Waals surface area (Å²) in [6, 6.07) is 0.721. The molecule has 3 atom stereocenters. The monoisotopic (exact) mass is 284 g/mol. The van der Waals surface area contributed by atoms with E-state index in [9.17, 15) is 0 Å². The number of nitrogens with two attached hydrogens (primary N) is 1. The van der Waals surface area contributed by atoms with Crippen LogP contribution in [0.3, 0.4) is 0 Å². The zero-order valence-electron chi connectivity index (χ0n) is 14.7. The van der Waals surface area contributed by atoms with Crippen LogP contribution in [0.1, 0.15) is 67.7 Å². The zero-order chi connectivity index (χ0) is 15.6. The summed E-state index contributed by atoms with van der Waals surface area (Å²) >= 11 is 0. The van der Waals surface area contributed by atoms with E-state index in [1.54, 1.807) is 0 Å². The van der Waals surface area contributed by atoms with Crippen LogP contribution in [-0.4, -0.2) is 41.3 Å². The van der Waals surface area contributed by atoms with Crippen molar-refractivity contribution >= 4 is 0 Å². The quantitative estimate of drug-likeness (QED) is 0.778. The summed E-state index contributed by atoms with van der Waals surface area (Å²) in [5, 5.41) is 0. The van der Waals surface area contributed by atoms with Gasteiger partial charge in [-0.1, -0.05) is 20.3 Å². The van der Waals surface area contributed by atoms with Crippen LogP contribution in [0.2, 0.25) is 0 Å². The normalized spacial score (nSPS) is 29.9. The number of rotatable bonds is 7. The number of ether oxygens (including phenoxy) is 1. The maximum Gasteiger partial charge on any atom is 0.0788 e. The molecular formula is C17H36N2O. The second-order valence-electron chi connectivity index (χ2n) is 7.55. The zero-order valence-corrected chi connectivity index (χ0v) is 14.7. The third-order valence-corrected chi connectivity index (χ3v) is 5.10. The molecule has 0 saturated carbocycles. The molecule has 0 aromatic rings. The molecule has 1 heterocycles. The van der Waals surface area contributed by atoms with E-state index in [2.05, 4.69) is 53.4 Å². The molecule has 3 nitrogen and oxygen atoms in total. The van der Waals surface area contributed by atoms with Gasteiger partial charge in [0.2, 0.25) is 0 Å². The largest absolute Gasteiger partial charge is 0.368 e. The summed E-state index contributed by atoms with van der Waals surface area (Å²) in [4.78, 5) is 2.61. The topological polar surface area (TPSA) is 38.5 Å². The van der Waals surface area contributed by atoms with Gasteiger partial charge in [0.05, 0.1) is 11.2 Å². The van der Waals surface area contributed by atoms with Gasteiger partial charge in [-0.3, -0.25) is 0 Å². The maximum absolute atomic E-state index is 6.50. The van der Waals surface area contributed by atoms with E-state index in [0.717, 1.165) is 6.54 Å². The Morgan fingerprint density at radius 2 is 1.75 bits per heavy atom. The van der Waals surface area contributed by atoms with Gasteiger partial charge in [0, 0.05) is 24.5 Å². The van der Waals surface area contributed by atoms with Gasteiger partial charge in [-0.2, -0.15) is 0 Å². The fourth-order valence-corrected chi connectivity index (χ4v) is 3.44. The van der Waals surface area contributed by atoms with E-state index in [1.165, 1.54) is 25.8 Å². The number of hydrogen-bond donors (Lipinski definition) is 1. The van der Waals surface area contributed by atoms with E-state index in [0.29, 0.717) is 12.0 Å². The average molecular weight is 284 g/mol. The predicted molar refractivity (Wildman–Crippen MR) is 86.9 cm³/mol. The summed E-state index contributed by atoms with van der Waals surface area (Å²) in [5.41, 5.74) is 6.14. The van der Waals surface area contributed by atoms with Crippen molar-refractivity contribution in [1.82, 2.24) is 4.90 Å². The van der Waals surface area contributed by atoms with Gasteiger partial charge < -0.3 is 15.4 Å². The molecule has 1 aliphatic rings. The van der Waals surface area contributed by atoms with Crippen LogP contribution in [0, 0.1) is 5.92 Å². The third-order valence-electron chi connectivity index (χ3n) is 5.10. The second-order valence-corrected chi connectivity index (χ2v) is 7.55. The molecule has 3 unspecified atom stereocenters.